The molecule has 82 valence electrons. The Morgan fingerprint density at radius 3 is 2.27 bits per heavy atom. The van der Waals surface area contributed by atoms with Gasteiger partial charge in [0.2, 0.25) is 0 Å². The van der Waals surface area contributed by atoms with Crippen LogP contribution in [0.25, 0.3) is 0 Å². The van der Waals surface area contributed by atoms with Gasteiger partial charge in [0, 0.05) is 17.8 Å². The van der Waals surface area contributed by atoms with Crippen LogP contribution in [0.5, 0.6) is 0 Å². The Morgan fingerprint density at radius 2 is 1.87 bits per heavy atom. The van der Waals surface area contributed by atoms with Crippen LogP contribution < -0.4 is 0 Å². The zero-order chi connectivity index (χ0) is 11.1. The van der Waals surface area contributed by atoms with Gasteiger partial charge in [-0.3, -0.25) is 14.4 Å². The van der Waals surface area contributed by atoms with Gasteiger partial charge in [0.05, 0.1) is 6.42 Å². The maximum absolute atomic E-state index is 11.7. The Kier molecular flexibility index (Phi) is 2.49. The molecule has 2 saturated carbocycles. The smallest absolute Gasteiger partial charge is 0.146 e. The summed E-state index contributed by atoms with van der Waals surface area (Å²) in [5.74, 6) is 0.552. The van der Waals surface area contributed by atoms with Crippen molar-refractivity contribution in [1.29, 1.82) is 0 Å². The van der Waals surface area contributed by atoms with Crippen LogP contribution in [0.1, 0.15) is 45.4 Å². The number of ketones is 3. The maximum atomic E-state index is 11.7. The topological polar surface area (TPSA) is 51.2 Å². The molecule has 0 aromatic heterocycles. The zero-order valence-electron chi connectivity index (χ0n) is 9.04. The van der Waals surface area contributed by atoms with Gasteiger partial charge in [0.15, 0.2) is 0 Å². The predicted molar refractivity (Wildman–Crippen MR) is 54.3 cm³/mol. The lowest BCUT2D eigenvalue weighted by Crippen LogP contribution is -2.33. The molecule has 0 atom stereocenters. The summed E-state index contributed by atoms with van der Waals surface area (Å²) in [6, 6.07) is 0. The molecule has 2 fully saturated rings. The molecule has 0 bridgehead atoms. The molecule has 3 heteroatoms. The maximum Gasteiger partial charge on any atom is 0.146 e. The SMILES string of the molecule is CC(=O)C1CCC2(CC1)CC(=O)CC2=O. The molecule has 2 aliphatic carbocycles. The molecule has 3 nitrogen and oxygen atoms in total. The highest BCUT2D eigenvalue weighted by atomic mass is 16.2. The van der Waals surface area contributed by atoms with Crippen LogP contribution in [-0.4, -0.2) is 17.3 Å². The number of Topliss-reactive ketones (excluding diaryl/α,β-unsaturated/α-hetero) is 3. The van der Waals surface area contributed by atoms with Crippen molar-refractivity contribution in [1.82, 2.24) is 0 Å². The molecular weight excluding hydrogens is 192 g/mol. The second-order valence-electron chi connectivity index (χ2n) is 4.98. The van der Waals surface area contributed by atoms with E-state index >= 15 is 0 Å². The van der Waals surface area contributed by atoms with Gasteiger partial charge in [0.1, 0.15) is 17.3 Å². The van der Waals surface area contributed by atoms with Crippen molar-refractivity contribution in [2.75, 3.05) is 0 Å². The molecule has 0 aromatic rings. The van der Waals surface area contributed by atoms with Crippen molar-refractivity contribution >= 4 is 17.3 Å². The van der Waals surface area contributed by atoms with E-state index in [1.807, 2.05) is 0 Å². The Hall–Kier alpha value is -0.990. The molecule has 0 N–H and O–H groups in total. The highest BCUT2D eigenvalue weighted by Gasteiger charge is 2.48. The predicted octanol–water partition coefficient (Wildman–Crippen LogP) is 1.68. The number of rotatable bonds is 1. The van der Waals surface area contributed by atoms with Crippen LogP contribution in [0.3, 0.4) is 0 Å². The van der Waals surface area contributed by atoms with Gasteiger partial charge in [-0.2, -0.15) is 0 Å². The van der Waals surface area contributed by atoms with Crippen molar-refractivity contribution < 1.29 is 14.4 Å². The molecule has 2 aliphatic rings. The molecule has 0 saturated heterocycles. The molecule has 0 heterocycles. The fourth-order valence-electron chi connectivity index (χ4n) is 2.94. The van der Waals surface area contributed by atoms with Crippen molar-refractivity contribution in [2.24, 2.45) is 11.3 Å². The van der Waals surface area contributed by atoms with Gasteiger partial charge in [-0.1, -0.05) is 0 Å². The molecule has 0 aromatic carbocycles. The average molecular weight is 208 g/mol. The summed E-state index contributed by atoms with van der Waals surface area (Å²) in [4.78, 5) is 34.2. The average Bonchev–Trinajstić information content (AvgIpc) is 2.42. The minimum atomic E-state index is -0.372. The Morgan fingerprint density at radius 1 is 1.27 bits per heavy atom. The van der Waals surface area contributed by atoms with Gasteiger partial charge >= 0.3 is 0 Å². The second kappa shape index (κ2) is 3.54. The summed E-state index contributed by atoms with van der Waals surface area (Å²) >= 11 is 0. The van der Waals surface area contributed by atoms with Gasteiger partial charge in [0.25, 0.3) is 0 Å². The van der Waals surface area contributed by atoms with Crippen LogP contribution in [0, 0.1) is 11.3 Å². The van der Waals surface area contributed by atoms with Crippen molar-refractivity contribution in [3.8, 4) is 0 Å². The molecule has 0 amide bonds. The van der Waals surface area contributed by atoms with E-state index in [-0.39, 0.29) is 35.1 Å². The largest absolute Gasteiger partial charge is 0.300 e. The van der Waals surface area contributed by atoms with E-state index in [0.29, 0.717) is 6.42 Å². The summed E-state index contributed by atoms with van der Waals surface area (Å²) in [6.07, 6.45) is 3.60. The fraction of sp³-hybridized carbons (Fsp3) is 0.750. The summed E-state index contributed by atoms with van der Waals surface area (Å²) in [5.41, 5.74) is -0.372. The minimum Gasteiger partial charge on any atom is -0.300 e. The van der Waals surface area contributed by atoms with Crippen LogP contribution in [-0.2, 0) is 14.4 Å². The third kappa shape index (κ3) is 1.75. The van der Waals surface area contributed by atoms with Gasteiger partial charge in [-0.15, -0.1) is 0 Å². The molecule has 0 radical (unpaired) electrons. The lowest BCUT2D eigenvalue weighted by molar-refractivity contribution is -0.130. The number of hydrogen-bond donors (Lipinski definition) is 0. The molecule has 0 unspecified atom stereocenters. The number of carbonyl (C=O) groups is 3. The zero-order valence-corrected chi connectivity index (χ0v) is 9.04. The molecule has 1 spiro atoms. The van der Waals surface area contributed by atoms with E-state index in [1.165, 1.54) is 0 Å². The van der Waals surface area contributed by atoms with Crippen molar-refractivity contribution in [2.45, 2.75) is 45.4 Å². The highest BCUT2D eigenvalue weighted by Crippen LogP contribution is 2.46. The fourth-order valence-corrected chi connectivity index (χ4v) is 2.94. The first-order valence-corrected chi connectivity index (χ1v) is 5.59. The lowest BCUT2D eigenvalue weighted by atomic mass is 9.68. The first-order valence-electron chi connectivity index (χ1n) is 5.59. The Bertz CT molecular complexity index is 322. The summed E-state index contributed by atoms with van der Waals surface area (Å²) in [6.45, 7) is 1.62. The van der Waals surface area contributed by atoms with Crippen LogP contribution in [0.2, 0.25) is 0 Å². The highest BCUT2D eigenvalue weighted by molar-refractivity contribution is 6.09. The number of carbonyl (C=O) groups excluding carboxylic acids is 3. The van der Waals surface area contributed by atoms with Crippen LogP contribution >= 0.6 is 0 Å². The minimum absolute atomic E-state index is 0.0845. The van der Waals surface area contributed by atoms with Crippen molar-refractivity contribution in [3.63, 3.8) is 0 Å². The van der Waals surface area contributed by atoms with E-state index in [4.69, 9.17) is 0 Å². The normalized spacial score (nSPS) is 36.2. The molecule has 15 heavy (non-hydrogen) atoms. The molecule has 2 rings (SSSR count). The lowest BCUT2D eigenvalue weighted by Gasteiger charge is -2.34. The quantitative estimate of drug-likeness (QED) is 0.616. The van der Waals surface area contributed by atoms with Gasteiger partial charge < -0.3 is 0 Å². The van der Waals surface area contributed by atoms with Crippen LogP contribution in [0.15, 0.2) is 0 Å². The summed E-state index contributed by atoms with van der Waals surface area (Å²) in [5, 5.41) is 0. The van der Waals surface area contributed by atoms with E-state index in [9.17, 15) is 14.4 Å². The summed E-state index contributed by atoms with van der Waals surface area (Å²) < 4.78 is 0. The standard InChI is InChI=1S/C12H16O3/c1-8(13)9-2-4-12(5-3-9)7-10(14)6-11(12)15/h9H,2-7H2,1H3. The third-order valence-corrected chi connectivity index (χ3v) is 4.00. The monoisotopic (exact) mass is 208 g/mol. The first-order chi connectivity index (χ1) is 7.03. The Labute approximate surface area is 89.2 Å². The first kappa shape index (κ1) is 10.5. The Balaban J connectivity index is 2.06. The van der Waals surface area contributed by atoms with Crippen molar-refractivity contribution in [3.05, 3.63) is 0 Å². The molecule has 0 aliphatic heterocycles. The molecular formula is C12H16O3. The van der Waals surface area contributed by atoms with Crippen LogP contribution in [0.4, 0.5) is 0 Å². The van der Waals surface area contributed by atoms with E-state index in [0.717, 1.165) is 25.7 Å². The second-order valence-corrected chi connectivity index (χ2v) is 4.98. The summed E-state index contributed by atoms with van der Waals surface area (Å²) in [7, 11) is 0. The third-order valence-electron chi connectivity index (χ3n) is 4.00. The number of hydrogen-bond acceptors (Lipinski definition) is 3. The van der Waals surface area contributed by atoms with E-state index in [2.05, 4.69) is 0 Å². The van der Waals surface area contributed by atoms with E-state index < -0.39 is 0 Å². The van der Waals surface area contributed by atoms with Gasteiger partial charge in [-0.05, 0) is 32.6 Å². The van der Waals surface area contributed by atoms with E-state index in [1.54, 1.807) is 6.92 Å². The van der Waals surface area contributed by atoms with Gasteiger partial charge in [-0.25, -0.2) is 0 Å².